The smallest absolute Gasteiger partial charge is 0.0496 e. The third-order valence-electron chi connectivity index (χ3n) is 12.2. The molecule has 0 N–H and O–H groups in total. The molecule has 0 aliphatic heterocycles. The van der Waals surface area contributed by atoms with E-state index in [1.807, 2.05) is 11.3 Å². The molecule has 0 spiro atoms. The van der Waals surface area contributed by atoms with Gasteiger partial charge in [-0.1, -0.05) is 178 Å². The summed E-state index contributed by atoms with van der Waals surface area (Å²) in [5.74, 6) is 0. The van der Waals surface area contributed by atoms with Crippen molar-refractivity contribution in [1.82, 2.24) is 0 Å². The molecule has 266 valence electrons. The Bertz CT molecular complexity index is 3140. The molecule has 0 atom stereocenters. The van der Waals surface area contributed by atoms with Gasteiger partial charge in [0.1, 0.15) is 0 Å². The Morgan fingerprint density at radius 1 is 0.464 bits per heavy atom. The molecule has 0 unspecified atom stereocenters. The lowest BCUT2D eigenvalue weighted by molar-refractivity contribution is 0.660. The van der Waals surface area contributed by atoms with Crippen LogP contribution in [0.5, 0.6) is 0 Å². The molecule has 1 aromatic heterocycles. The standard InChI is InChI=1S/C54H39NS/c1-54(2)47-24-10-9-21-45(47)52-48(54)25-13-26-49(52)55(34-38-16-5-7-19-41(38)44-23-11-17-35-14-3-6-18-40(35)44)39-31-28-37(29-32-39)42-22-12-27-50-51(42)46-33-30-36-15-4-8-20-43(36)53(46)56-50/h3-33H,34H2,1-2H3. The average Bonchev–Trinajstić information content (AvgIpc) is 3.75. The van der Waals surface area contributed by atoms with Crippen LogP contribution in [0, 0.1) is 0 Å². The van der Waals surface area contributed by atoms with Gasteiger partial charge in [0.05, 0.1) is 0 Å². The summed E-state index contributed by atoms with van der Waals surface area (Å²) in [5.41, 5.74) is 14.1. The van der Waals surface area contributed by atoms with Crippen molar-refractivity contribution in [2.45, 2.75) is 25.8 Å². The molecule has 0 saturated carbocycles. The molecule has 1 aliphatic carbocycles. The largest absolute Gasteiger partial charge is 0.336 e. The minimum Gasteiger partial charge on any atom is -0.336 e. The van der Waals surface area contributed by atoms with Crippen molar-refractivity contribution in [3.63, 3.8) is 0 Å². The maximum atomic E-state index is 2.55. The summed E-state index contributed by atoms with van der Waals surface area (Å²) < 4.78 is 2.69. The van der Waals surface area contributed by atoms with Crippen LogP contribution in [-0.2, 0) is 12.0 Å². The summed E-state index contributed by atoms with van der Waals surface area (Å²) in [7, 11) is 0. The first-order chi connectivity index (χ1) is 27.5. The van der Waals surface area contributed by atoms with E-state index in [4.69, 9.17) is 0 Å². The van der Waals surface area contributed by atoms with Crippen molar-refractivity contribution < 1.29 is 0 Å². The fourth-order valence-electron chi connectivity index (χ4n) is 9.44. The monoisotopic (exact) mass is 733 g/mol. The summed E-state index contributed by atoms with van der Waals surface area (Å²) in [6.07, 6.45) is 0. The number of hydrogen-bond donors (Lipinski definition) is 0. The SMILES string of the molecule is CC1(C)c2ccccc2-c2c(N(Cc3ccccc3-c3cccc4ccccc34)c3ccc(-c4cccc5sc6c7ccccc7ccc6c45)cc3)cccc21. The number of fused-ring (bicyclic) bond motifs is 9. The molecule has 1 heterocycles. The molecule has 11 rings (SSSR count). The second kappa shape index (κ2) is 12.8. The van der Waals surface area contributed by atoms with E-state index >= 15 is 0 Å². The number of thiophene rings is 1. The van der Waals surface area contributed by atoms with Gasteiger partial charge in [0, 0.05) is 49.1 Å². The Labute approximate surface area is 331 Å². The highest BCUT2D eigenvalue weighted by atomic mass is 32.1. The second-order valence-corrected chi connectivity index (χ2v) is 16.7. The molecular weight excluding hydrogens is 695 g/mol. The number of nitrogens with zero attached hydrogens (tertiary/aromatic N) is 1. The van der Waals surface area contributed by atoms with Crippen molar-refractivity contribution >= 4 is 64.4 Å². The molecule has 1 aliphatic rings. The molecule has 10 aromatic rings. The van der Waals surface area contributed by atoms with Crippen molar-refractivity contribution in [3.8, 4) is 33.4 Å². The molecule has 0 amide bonds. The van der Waals surface area contributed by atoms with Crippen LogP contribution >= 0.6 is 11.3 Å². The fraction of sp³-hybridized carbons (Fsp3) is 0.0741. The quantitative estimate of drug-likeness (QED) is 0.164. The predicted molar refractivity (Wildman–Crippen MR) is 242 cm³/mol. The third kappa shape index (κ3) is 5.06. The highest BCUT2D eigenvalue weighted by Crippen LogP contribution is 2.53. The molecule has 0 bridgehead atoms. The van der Waals surface area contributed by atoms with E-state index in [1.54, 1.807) is 0 Å². The molecule has 2 heteroatoms. The average molecular weight is 734 g/mol. The van der Waals surface area contributed by atoms with Gasteiger partial charge in [-0.2, -0.15) is 0 Å². The molecule has 0 saturated heterocycles. The van der Waals surface area contributed by atoms with Crippen LogP contribution in [0.15, 0.2) is 188 Å². The van der Waals surface area contributed by atoms with Crippen LogP contribution in [0.4, 0.5) is 11.4 Å². The Morgan fingerprint density at radius 2 is 1.09 bits per heavy atom. The van der Waals surface area contributed by atoms with E-state index in [1.165, 1.54) is 103 Å². The number of anilines is 2. The predicted octanol–water partition coefficient (Wildman–Crippen LogP) is 15.3. The van der Waals surface area contributed by atoms with Crippen molar-refractivity contribution in [2.75, 3.05) is 4.90 Å². The molecule has 56 heavy (non-hydrogen) atoms. The lowest BCUT2D eigenvalue weighted by Gasteiger charge is -2.30. The van der Waals surface area contributed by atoms with Gasteiger partial charge >= 0.3 is 0 Å². The number of hydrogen-bond acceptors (Lipinski definition) is 2. The molecular formula is C54H39NS. The minimum atomic E-state index is -0.0916. The van der Waals surface area contributed by atoms with Crippen LogP contribution < -0.4 is 4.90 Å². The highest BCUT2D eigenvalue weighted by molar-refractivity contribution is 7.26. The maximum absolute atomic E-state index is 2.55. The van der Waals surface area contributed by atoms with Gasteiger partial charge in [-0.05, 0) is 90.3 Å². The van der Waals surface area contributed by atoms with Gasteiger partial charge in [0.2, 0.25) is 0 Å². The van der Waals surface area contributed by atoms with Crippen LogP contribution in [0.2, 0.25) is 0 Å². The molecule has 1 nitrogen and oxygen atoms in total. The summed E-state index contributed by atoms with van der Waals surface area (Å²) >= 11 is 1.90. The fourth-order valence-corrected chi connectivity index (χ4v) is 10.7. The van der Waals surface area contributed by atoms with Crippen LogP contribution in [0.1, 0.15) is 30.5 Å². The first-order valence-corrected chi connectivity index (χ1v) is 20.4. The van der Waals surface area contributed by atoms with Gasteiger partial charge in [0.15, 0.2) is 0 Å². The summed E-state index contributed by atoms with van der Waals surface area (Å²) in [4.78, 5) is 2.55. The van der Waals surface area contributed by atoms with Gasteiger partial charge in [-0.3, -0.25) is 0 Å². The van der Waals surface area contributed by atoms with Gasteiger partial charge in [-0.15, -0.1) is 11.3 Å². The van der Waals surface area contributed by atoms with Crippen LogP contribution in [0.3, 0.4) is 0 Å². The zero-order valence-corrected chi connectivity index (χ0v) is 32.3. The van der Waals surface area contributed by atoms with E-state index in [0.29, 0.717) is 0 Å². The zero-order chi connectivity index (χ0) is 37.4. The first-order valence-electron chi connectivity index (χ1n) is 19.5. The molecule has 9 aromatic carbocycles. The van der Waals surface area contributed by atoms with E-state index in [2.05, 4.69) is 207 Å². The lowest BCUT2D eigenvalue weighted by atomic mass is 9.82. The van der Waals surface area contributed by atoms with Gasteiger partial charge < -0.3 is 4.90 Å². The Morgan fingerprint density at radius 3 is 1.95 bits per heavy atom. The number of benzene rings is 9. The first kappa shape index (κ1) is 32.9. The Balaban J connectivity index is 1.08. The van der Waals surface area contributed by atoms with E-state index in [9.17, 15) is 0 Å². The number of rotatable bonds is 6. The molecule has 0 fully saturated rings. The Hall–Kier alpha value is -6.48. The molecule has 0 radical (unpaired) electrons. The topological polar surface area (TPSA) is 3.24 Å². The normalized spacial score (nSPS) is 13.0. The van der Waals surface area contributed by atoms with E-state index in [-0.39, 0.29) is 5.41 Å². The van der Waals surface area contributed by atoms with Gasteiger partial charge in [0.25, 0.3) is 0 Å². The summed E-state index contributed by atoms with van der Waals surface area (Å²) in [6, 6.07) is 69.8. The van der Waals surface area contributed by atoms with Crippen LogP contribution in [0.25, 0.3) is 75.1 Å². The van der Waals surface area contributed by atoms with E-state index < -0.39 is 0 Å². The van der Waals surface area contributed by atoms with Crippen molar-refractivity contribution in [3.05, 3.63) is 205 Å². The zero-order valence-electron chi connectivity index (χ0n) is 31.5. The maximum Gasteiger partial charge on any atom is 0.0496 e. The third-order valence-corrected chi connectivity index (χ3v) is 13.4. The Kier molecular flexibility index (Phi) is 7.52. The van der Waals surface area contributed by atoms with Crippen molar-refractivity contribution in [2.24, 2.45) is 0 Å². The van der Waals surface area contributed by atoms with Gasteiger partial charge in [-0.25, -0.2) is 0 Å². The van der Waals surface area contributed by atoms with E-state index in [0.717, 1.165) is 6.54 Å². The summed E-state index contributed by atoms with van der Waals surface area (Å²) in [6.45, 7) is 5.46. The second-order valence-electron chi connectivity index (χ2n) is 15.6. The summed E-state index contributed by atoms with van der Waals surface area (Å²) in [5, 5.41) is 7.82. The van der Waals surface area contributed by atoms with Crippen molar-refractivity contribution in [1.29, 1.82) is 0 Å². The highest BCUT2D eigenvalue weighted by Gasteiger charge is 2.37. The lowest BCUT2D eigenvalue weighted by Crippen LogP contribution is -2.19. The minimum absolute atomic E-state index is 0.0916. The van der Waals surface area contributed by atoms with Crippen LogP contribution in [-0.4, -0.2) is 0 Å².